The van der Waals surface area contributed by atoms with Gasteiger partial charge in [-0.3, -0.25) is 9.78 Å². The minimum atomic E-state index is -5.21. The number of nitrogens with zero attached hydrogens (tertiary/aromatic N) is 3. The zero-order valence-corrected chi connectivity index (χ0v) is 23.0. The van der Waals surface area contributed by atoms with Gasteiger partial charge in [-0.05, 0) is 61.3 Å². The molecular weight excluding hydrogens is 576 g/mol. The molecule has 2 fully saturated rings. The SMILES string of the molecule is [2H]C([2H])([2H])Oc1cccc([C@@H]2[C@H](C3CCN(S(C)(=O)=O)CC3)CCN2C(=O)Cc2ncc(C(F)(F)F)cc2C(F)(F)F)c1C. The highest BCUT2D eigenvalue weighted by molar-refractivity contribution is 7.88. The Hall–Kier alpha value is -2.87. The van der Waals surface area contributed by atoms with Crippen LogP contribution < -0.4 is 4.74 Å². The Labute approximate surface area is 238 Å². The summed E-state index contributed by atoms with van der Waals surface area (Å²) in [6, 6.07) is 3.82. The fourth-order valence-corrected chi connectivity index (χ4v) is 6.84. The third kappa shape index (κ3) is 6.63. The van der Waals surface area contributed by atoms with Crippen LogP contribution in [0.15, 0.2) is 30.5 Å². The Balaban J connectivity index is 1.71. The second kappa shape index (κ2) is 11.4. The molecule has 0 saturated carbocycles. The fraction of sp³-hybridized carbons (Fsp3) is 0.556. The van der Waals surface area contributed by atoms with E-state index >= 15 is 0 Å². The van der Waals surface area contributed by atoms with E-state index in [-0.39, 0.29) is 49.5 Å². The Kier molecular flexibility index (Phi) is 7.52. The van der Waals surface area contributed by atoms with Gasteiger partial charge in [-0.15, -0.1) is 0 Å². The lowest BCUT2D eigenvalue weighted by Crippen LogP contribution is -2.41. The van der Waals surface area contributed by atoms with Gasteiger partial charge in [0.1, 0.15) is 5.75 Å². The van der Waals surface area contributed by atoms with Crippen LogP contribution >= 0.6 is 0 Å². The molecule has 1 aromatic carbocycles. The van der Waals surface area contributed by atoms with Crippen molar-refractivity contribution < 1.29 is 48.4 Å². The quantitative estimate of drug-likeness (QED) is 0.418. The van der Waals surface area contributed by atoms with Gasteiger partial charge in [0, 0.05) is 25.8 Å². The summed E-state index contributed by atoms with van der Waals surface area (Å²) in [5.41, 5.74) is -3.21. The highest BCUT2D eigenvalue weighted by Gasteiger charge is 2.45. The normalized spacial score (nSPS) is 22.7. The number of sulfonamides is 1. The van der Waals surface area contributed by atoms with Gasteiger partial charge in [-0.1, -0.05) is 12.1 Å². The van der Waals surface area contributed by atoms with E-state index in [0.717, 1.165) is 6.26 Å². The predicted molar refractivity (Wildman–Crippen MR) is 137 cm³/mol. The summed E-state index contributed by atoms with van der Waals surface area (Å²) in [5, 5.41) is 0. The molecule has 0 spiro atoms. The van der Waals surface area contributed by atoms with Crippen LogP contribution in [0, 0.1) is 18.8 Å². The lowest BCUT2D eigenvalue weighted by molar-refractivity contribution is -0.144. The summed E-state index contributed by atoms with van der Waals surface area (Å²) in [7, 11) is -6.21. The van der Waals surface area contributed by atoms with Gasteiger partial charge >= 0.3 is 12.4 Å². The van der Waals surface area contributed by atoms with Gasteiger partial charge in [0.05, 0.1) is 46.7 Å². The van der Waals surface area contributed by atoms with Crippen LogP contribution in [0.2, 0.25) is 0 Å². The second-order valence-electron chi connectivity index (χ2n) is 10.4. The van der Waals surface area contributed by atoms with E-state index in [1.54, 1.807) is 13.0 Å². The van der Waals surface area contributed by atoms with Gasteiger partial charge in [0.15, 0.2) is 0 Å². The number of ether oxygens (including phenoxy) is 1. The zero-order valence-electron chi connectivity index (χ0n) is 25.2. The van der Waals surface area contributed by atoms with Gasteiger partial charge < -0.3 is 9.64 Å². The van der Waals surface area contributed by atoms with Crippen LogP contribution in [0.1, 0.15) is 57.4 Å². The Morgan fingerprint density at radius 2 is 1.78 bits per heavy atom. The number of carbonyl (C=O) groups excluding carboxylic acids is 1. The maximum Gasteiger partial charge on any atom is 0.418 e. The van der Waals surface area contributed by atoms with Crippen molar-refractivity contribution in [2.24, 2.45) is 11.8 Å². The van der Waals surface area contributed by atoms with Crippen molar-refractivity contribution in [3.63, 3.8) is 0 Å². The molecule has 0 aliphatic carbocycles. The number of hydrogen-bond donors (Lipinski definition) is 0. The van der Waals surface area contributed by atoms with Crippen LogP contribution in [-0.2, 0) is 33.6 Å². The van der Waals surface area contributed by atoms with E-state index in [4.69, 9.17) is 8.85 Å². The highest BCUT2D eigenvalue weighted by atomic mass is 32.2. The summed E-state index contributed by atoms with van der Waals surface area (Å²) in [6.45, 7) is 2.19. The zero-order chi connectivity index (χ0) is 32.8. The van der Waals surface area contributed by atoms with Crippen LogP contribution in [0.25, 0.3) is 0 Å². The minimum absolute atomic E-state index is 0.0243. The maximum absolute atomic E-state index is 13.8. The molecule has 2 saturated heterocycles. The van der Waals surface area contributed by atoms with Crippen LogP contribution in [0.5, 0.6) is 5.75 Å². The summed E-state index contributed by atoms with van der Waals surface area (Å²) in [4.78, 5) is 18.4. The van der Waals surface area contributed by atoms with Crippen molar-refractivity contribution in [2.45, 2.75) is 51.0 Å². The summed E-state index contributed by atoms with van der Waals surface area (Å²) >= 11 is 0. The molecule has 41 heavy (non-hydrogen) atoms. The third-order valence-electron chi connectivity index (χ3n) is 8.01. The van der Waals surface area contributed by atoms with E-state index in [0.29, 0.717) is 30.4 Å². The molecule has 1 amide bonds. The molecule has 2 atom stereocenters. The Bertz CT molecular complexity index is 1490. The largest absolute Gasteiger partial charge is 0.496 e. The first-order valence-electron chi connectivity index (χ1n) is 14.3. The standard InChI is InChI=1S/C27H31F6N3O4S/c1-16-19(5-4-6-23(16)40-2)25-20(17-7-10-35(11-8-17)41(3,38)39)9-12-36(25)24(37)14-22-21(27(31,32)33)13-18(15-34-22)26(28,29)30/h4-6,13,15,17,20,25H,7-12,14H2,1-3H3/t20-,25+/m0/s1/i2D3. The Morgan fingerprint density at radius 1 is 1.10 bits per heavy atom. The lowest BCUT2D eigenvalue weighted by atomic mass is 9.77. The van der Waals surface area contributed by atoms with Gasteiger partial charge in [-0.25, -0.2) is 12.7 Å². The molecule has 0 unspecified atom stereocenters. The molecule has 3 heterocycles. The van der Waals surface area contributed by atoms with Crippen molar-refractivity contribution in [3.8, 4) is 5.75 Å². The number of carbonyl (C=O) groups is 1. The number of hydrogen-bond acceptors (Lipinski definition) is 5. The molecule has 0 radical (unpaired) electrons. The molecule has 2 aliphatic heterocycles. The number of rotatable bonds is 6. The molecule has 1 aromatic heterocycles. The van der Waals surface area contributed by atoms with Crippen LogP contribution in [-0.4, -0.2) is 61.4 Å². The Morgan fingerprint density at radius 3 is 2.37 bits per heavy atom. The first-order valence-corrected chi connectivity index (χ1v) is 14.7. The molecule has 7 nitrogen and oxygen atoms in total. The van der Waals surface area contributed by atoms with Crippen molar-refractivity contribution in [2.75, 3.05) is 32.9 Å². The number of alkyl halides is 6. The summed E-state index contributed by atoms with van der Waals surface area (Å²) < 4.78 is 134. The minimum Gasteiger partial charge on any atom is -0.496 e. The number of amides is 1. The van der Waals surface area contributed by atoms with Gasteiger partial charge in [-0.2, -0.15) is 26.3 Å². The number of methoxy groups -OCH3 is 1. The monoisotopic (exact) mass is 610 g/mol. The average Bonchev–Trinajstić information content (AvgIpc) is 3.33. The number of pyridine rings is 1. The van der Waals surface area contributed by atoms with Gasteiger partial charge in [0.25, 0.3) is 0 Å². The molecule has 2 aromatic rings. The molecule has 0 N–H and O–H groups in total. The first-order chi connectivity index (χ1) is 20.2. The van der Waals surface area contributed by atoms with Crippen molar-refractivity contribution in [1.29, 1.82) is 0 Å². The van der Waals surface area contributed by atoms with Crippen molar-refractivity contribution in [1.82, 2.24) is 14.2 Å². The van der Waals surface area contributed by atoms with Crippen molar-refractivity contribution in [3.05, 3.63) is 58.4 Å². The lowest BCUT2D eigenvalue weighted by Gasteiger charge is -2.38. The van der Waals surface area contributed by atoms with E-state index in [1.165, 1.54) is 21.3 Å². The number of halogens is 6. The molecule has 0 bridgehead atoms. The topological polar surface area (TPSA) is 79.8 Å². The third-order valence-corrected chi connectivity index (χ3v) is 9.32. The number of aromatic nitrogens is 1. The molecule has 226 valence electrons. The van der Waals surface area contributed by atoms with E-state index < -0.39 is 64.6 Å². The predicted octanol–water partition coefficient (Wildman–Crippen LogP) is 5.24. The second-order valence-corrected chi connectivity index (χ2v) is 12.4. The summed E-state index contributed by atoms with van der Waals surface area (Å²) in [6.07, 6.45) is -8.51. The van der Waals surface area contributed by atoms with E-state index in [2.05, 4.69) is 4.98 Å². The molecule has 4 rings (SSSR count). The van der Waals surface area contributed by atoms with E-state index in [9.17, 15) is 39.6 Å². The molecule has 14 heteroatoms. The number of likely N-dealkylation sites (tertiary alicyclic amines) is 1. The van der Waals surface area contributed by atoms with Gasteiger partial charge in [0.2, 0.25) is 15.9 Å². The smallest absolute Gasteiger partial charge is 0.418 e. The average molecular weight is 611 g/mol. The van der Waals surface area contributed by atoms with E-state index in [1.807, 2.05) is 0 Å². The first kappa shape index (κ1) is 27.0. The number of piperidine rings is 1. The molecule has 2 aliphatic rings. The number of benzene rings is 1. The van der Waals surface area contributed by atoms with Crippen LogP contribution in [0.3, 0.4) is 0 Å². The molecular formula is C27H31F6N3O4S. The summed E-state index contributed by atoms with van der Waals surface area (Å²) in [5.74, 6) is -1.14. The van der Waals surface area contributed by atoms with Crippen LogP contribution in [0.4, 0.5) is 26.3 Å². The maximum atomic E-state index is 13.8. The fourth-order valence-electron chi connectivity index (χ4n) is 5.97. The van der Waals surface area contributed by atoms with Crippen molar-refractivity contribution >= 4 is 15.9 Å². The highest BCUT2D eigenvalue weighted by Crippen LogP contribution is 2.47.